The van der Waals surface area contributed by atoms with E-state index in [0.717, 1.165) is 18.6 Å². The van der Waals surface area contributed by atoms with Crippen molar-refractivity contribution in [3.63, 3.8) is 0 Å². The maximum absolute atomic E-state index is 9.98. The summed E-state index contributed by atoms with van der Waals surface area (Å²) in [4.78, 5) is 0. The minimum atomic E-state index is -0.337. The third kappa shape index (κ3) is 2.39. The Balaban J connectivity index is 2.15. The summed E-state index contributed by atoms with van der Waals surface area (Å²) in [5.41, 5.74) is 3.51. The highest BCUT2D eigenvalue weighted by Gasteiger charge is 2.15. The van der Waals surface area contributed by atoms with Gasteiger partial charge in [0.1, 0.15) is 0 Å². The third-order valence-corrected chi connectivity index (χ3v) is 2.82. The lowest BCUT2D eigenvalue weighted by atomic mass is 9.97. The van der Waals surface area contributed by atoms with Crippen molar-refractivity contribution in [3.05, 3.63) is 34.9 Å². The molecule has 0 aliphatic carbocycles. The molecular formula is C13H18O2. The third-order valence-electron chi connectivity index (χ3n) is 2.82. The van der Waals surface area contributed by atoms with Crippen LogP contribution in [-0.4, -0.2) is 5.11 Å². The van der Waals surface area contributed by atoms with Gasteiger partial charge < -0.3 is 9.84 Å². The van der Waals surface area contributed by atoms with E-state index in [0.29, 0.717) is 12.5 Å². The van der Waals surface area contributed by atoms with Crippen LogP contribution < -0.4 is 0 Å². The minimum absolute atomic E-state index is 0.337. The molecule has 1 atom stereocenters. The smallest absolute Gasteiger partial charge is 0.0792 e. The number of aliphatic hydroxyl groups excluding tert-OH is 1. The molecule has 1 aromatic rings. The van der Waals surface area contributed by atoms with E-state index in [2.05, 4.69) is 26.0 Å². The first-order valence-electron chi connectivity index (χ1n) is 5.54. The van der Waals surface area contributed by atoms with Gasteiger partial charge in [0, 0.05) is 0 Å². The van der Waals surface area contributed by atoms with Crippen LogP contribution in [0.4, 0.5) is 0 Å². The van der Waals surface area contributed by atoms with Gasteiger partial charge in [-0.3, -0.25) is 0 Å². The fraction of sp³-hybridized carbons (Fsp3) is 0.538. The highest BCUT2D eigenvalue weighted by molar-refractivity contribution is 5.34. The second kappa shape index (κ2) is 4.33. The van der Waals surface area contributed by atoms with Crippen molar-refractivity contribution in [2.45, 2.75) is 39.6 Å². The standard InChI is InChI=1S/C13H18O2/c1-9(2)5-13(14)10-3-4-11-7-15-8-12(11)6-10/h3-4,6,9,13-14H,5,7-8H2,1-2H3. The fourth-order valence-corrected chi connectivity index (χ4v) is 1.98. The fourth-order valence-electron chi connectivity index (χ4n) is 1.98. The van der Waals surface area contributed by atoms with E-state index in [9.17, 15) is 5.11 Å². The van der Waals surface area contributed by atoms with Gasteiger partial charge in [0.05, 0.1) is 19.3 Å². The molecule has 0 saturated heterocycles. The van der Waals surface area contributed by atoms with Crippen molar-refractivity contribution >= 4 is 0 Å². The summed E-state index contributed by atoms with van der Waals surface area (Å²) in [6.07, 6.45) is 0.482. The van der Waals surface area contributed by atoms with E-state index < -0.39 is 0 Å². The van der Waals surface area contributed by atoms with Gasteiger partial charge in [0.2, 0.25) is 0 Å². The second-order valence-corrected chi connectivity index (χ2v) is 4.67. The molecule has 1 heterocycles. The lowest BCUT2D eigenvalue weighted by Crippen LogP contribution is -2.02. The van der Waals surface area contributed by atoms with Crippen molar-refractivity contribution < 1.29 is 9.84 Å². The van der Waals surface area contributed by atoms with Crippen LogP contribution in [0, 0.1) is 5.92 Å². The molecule has 1 aliphatic heterocycles. The molecule has 1 aromatic carbocycles. The van der Waals surface area contributed by atoms with E-state index in [1.165, 1.54) is 11.1 Å². The Bertz CT molecular complexity index is 344. The zero-order valence-electron chi connectivity index (χ0n) is 9.36. The predicted octanol–water partition coefficient (Wildman–Crippen LogP) is 2.80. The Morgan fingerprint density at radius 2 is 2.00 bits per heavy atom. The Hall–Kier alpha value is -0.860. The number of rotatable bonds is 3. The number of hydrogen-bond donors (Lipinski definition) is 1. The largest absolute Gasteiger partial charge is 0.388 e. The molecule has 0 spiro atoms. The molecular weight excluding hydrogens is 188 g/mol. The van der Waals surface area contributed by atoms with Gasteiger partial charge in [0.25, 0.3) is 0 Å². The van der Waals surface area contributed by atoms with Crippen LogP contribution in [-0.2, 0) is 18.0 Å². The number of fused-ring (bicyclic) bond motifs is 1. The average Bonchev–Trinajstić information content (AvgIpc) is 2.62. The van der Waals surface area contributed by atoms with Crippen LogP contribution in [0.5, 0.6) is 0 Å². The molecule has 1 aliphatic rings. The molecule has 0 fully saturated rings. The van der Waals surface area contributed by atoms with E-state index in [-0.39, 0.29) is 6.10 Å². The van der Waals surface area contributed by atoms with Crippen LogP contribution in [0.25, 0.3) is 0 Å². The van der Waals surface area contributed by atoms with Crippen LogP contribution in [0.15, 0.2) is 18.2 Å². The van der Waals surface area contributed by atoms with Gasteiger partial charge >= 0.3 is 0 Å². The summed E-state index contributed by atoms with van der Waals surface area (Å²) in [6, 6.07) is 6.16. The normalized spacial score (nSPS) is 16.8. The molecule has 0 amide bonds. The Morgan fingerprint density at radius 1 is 1.27 bits per heavy atom. The lowest BCUT2D eigenvalue weighted by molar-refractivity contribution is 0.134. The highest BCUT2D eigenvalue weighted by Crippen LogP contribution is 2.26. The topological polar surface area (TPSA) is 29.5 Å². The van der Waals surface area contributed by atoms with Crippen molar-refractivity contribution in [2.75, 3.05) is 0 Å². The predicted molar refractivity (Wildman–Crippen MR) is 59.3 cm³/mol. The summed E-state index contributed by atoms with van der Waals surface area (Å²) in [5, 5.41) is 9.98. The first-order chi connectivity index (χ1) is 7.16. The summed E-state index contributed by atoms with van der Waals surface area (Å²) in [7, 11) is 0. The van der Waals surface area contributed by atoms with E-state index >= 15 is 0 Å². The van der Waals surface area contributed by atoms with Crippen molar-refractivity contribution in [2.24, 2.45) is 5.92 Å². The van der Waals surface area contributed by atoms with Gasteiger partial charge in [-0.25, -0.2) is 0 Å². The van der Waals surface area contributed by atoms with Crippen LogP contribution >= 0.6 is 0 Å². The molecule has 0 bridgehead atoms. The maximum atomic E-state index is 9.98. The van der Waals surface area contributed by atoms with Gasteiger partial charge in [-0.2, -0.15) is 0 Å². The molecule has 82 valence electrons. The minimum Gasteiger partial charge on any atom is -0.388 e. The molecule has 15 heavy (non-hydrogen) atoms. The van der Waals surface area contributed by atoms with Crippen molar-refractivity contribution in [3.8, 4) is 0 Å². The molecule has 1 N–H and O–H groups in total. The van der Waals surface area contributed by atoms with E-state index in [4.69, 9.17) is 4.74 Å². The maximum Gasteiger partial charge on any atom is 0.0792 e. The molecule has 2 heteroatoms. The van der Waals surface area contributed by atoms with Crippen molar-refractivity contribution in [1.82, 2.24) is 0 Å². The van der Waals surface area contributed by atoms with Crippen LogP contribution in [0.1, 0.15) is 43.1 Å². The molecule has 2 rings (SSSR count). The number of aliphatic hydroxyl groups is 1. The van der Waals surface area contributed by atoms with E-state index in [1.807, 2.05) is 6.07 Å². The lowest BCUT2D eigenvalue weighted by Gasteiger charge is -2.14. The highest BCUT2D eigenvalue weighted by atomic mass is 16.5. The van der Waals surface area contributed by atoms with Crippen LogP contribution in [0.2, 0.25) is 0 Å². The summed E-state index contributed by atoms with van der Waals surface area (Å²) in [6.45, 7) is 5.66. The average molecular weight is 206 g/mol. The SMILES string of the molecule is CC(C)CC(O)c1ccc2c(c1)COC2. The summed E-state index contributed by atoms with van der Waals surface area (Å²) >= 11 is 0. The van der Waals surface area contributed by atoms with Gasteiger partial charge in [-0.1, -0.05) is 32.0 Å². The summed E-state index contributed by atoms with van der Waals surface area (Å²) in [5.74, 6) is 0.518. The number of ether oxygens (including phenoxy) is 1. The van der Waals surface area contributed by atoms with Gasteiger partial charge in [0.15, 0.2) is 0 Å². The first-order valence-corrected chi connectivity index (χ1v) is 5.54. The summed E-state index contributed by atoms with van der Waals surface area (Å²) < 4.78 is 5.35. The van der Waals surface area contributed by atoms with Crippen LogP contribution in [0.3, 0.4) is 0 Å². The Labute approximate surface area is 90.9 Å². The quantitative estimate of drug-likeness (QED) is 0.824. The van der Waals surface area contributed by atoms with Gasteiger partial charge in [-0.15, -0.1) is 0 Å². The molecule has 1 unspecified atom stereocenters. The second-order valence-electron chi connectivity index (χ2n) is 4.67. The first kappa shape index (κ1) is 10.7. The zero-order valence-corrected chi connectivity index (χ0v) is 9.36. The van der Waals surface area contributed by atoms with E-state index in [1.54, 1.807) is 0 Å². The monoisotopic (exact) mass is 206 g/mol. The van der Waals surface area contributed by atoms with Gasteiger partial charge in [-0.05, 0) is 29.0 Å². The zero-order chi connectivity index (χ0) is 10.8. The molecule has 2 nitrogen and oxygen atoms in total. The Kier molecular flexibility index (Phi) is 3.08. The Morgan fingerprint density at radius 3 is 2.73 bits per heavy atom. The molecule has 0 aromatic heterocycles. The number of benzene rings is 1. The molecule has 0 radical (unpaired) electrons. The van der Waals surface area contributed by atoms with Crippen molar-refractivity contribution in [1.29, 1.82) is 0 Å². The number of hydrogen-bond acceptors (Lipinski definition) is 2. The molecule has 0 saturated carbocycles.